The van der Waals surface area contributed by atoms with Gasteiger partial charge in [0.15, 0.2) is 0 Å². The lowest BCUT2D eigenvalue weighted by atomic mass is 10.0. The third-order valence-electron chi connectivity index (χ3n) is 5.16. The van der Waals surface area contributed by atoms with Crippen LogP contribution in [0.3, 0.4) is 0 Å². The van der Waals surface area contributed by atoms with E-state index in [2.05, 4.69) is 15.2 Å². The lowest BCUT2D eigenvalue weighted by Crippen LogP contribution is -2.38. The predicted octanol–water partition coefficient (Wildman–Crippen LogP) is 2.75. The molecule has 1 amide bonds. The van der Waals surface area contributed by atoms with Gasteiger partial charge in [0.1, 0.15) is 18.0 Å². The van der Waals surface area contributed by atoms with Gasteiger partial charge in [-0.25, -0.2) is 4.98 Å². The van der Waals surface area contributed by atoms with Gasteiger partial charge in [0, 0.05) is 33.4 Å². The fourth-order valence-electron chi connectivity index (χ4n) is 3.66. The number of nitrogens with zero attached hydrogens (tertiary/aromatic N) is 5. The van der Waals surface area contributed by atoms with Crippen LogP contribution in [0, 0.1) is 0 Å². The smallest absolute Gasteiger partial charge is 0.256 e. The number of piperidine rings is 1. The van der Waals surface area contributed by atoms with Crippen molar-refractivity contribution in [2.75, 3.05) is 32.1 Å². The Kier molecular flexibility index (Phi) is 5.07. The van der Waals surface area contributed by atoms with Crippen LogP contribution in [0.4, 0.5) is 5.82 Å². The van der Waals surface area contributed by atoms with E-state index in [1.165, 1.54) is 0 Å². The number of likely N-dealkylation sites (tertiary alicyclic amines) is 1. The third kappa shape index (κ3) is 3.66. The van der Waals surface area contributed by atoms with Gasteiger partial charge in [-0.3, -0.25) is 4.79 Å². The maximum atomic E-state index is 13.1. The van der Waals surface area contributed by atoms with Crippen molar-refractivity contribution in [3.05, 3.63) is 35.7 Å². The molecular weight excluding hydrogens is 346 g/mol. The van der Waals surface area contributed by atoms with Gasteiger partial charge >= 0.3 is 0 Å². The highest BCUT2D eigenvalue weighted by Gasteiger charge is 2.34. The molecule has 2 aromatic rings. The lowest BCUT2D eigenvalue weighted by Gasteiger charge is -2.33. The normalized spacial score (nSPS) is 22.8. The summed E-state index contributed by atoms with van der Waals surface area (Å²) in [6.45, 7) is 1.41. The molecule has 8 nitrogen and oxygen atoms in total. The Morgan fingerprint density at radius 2 is 2.00 bits per heavy atom. The van der Waals surface area contributed by atoms with E-state index in [4.69, 9.17) is 9.15 Å². The summed E-state index contributed by atoms with van der Waals surface area (Å²) >= 11 is 0. The SMILES string of the molecule is CN(C)c1ccc(C(=O)N2CCCC[C@H]2c2nnc([C@H]3CCCO3)o2)cn1. The van der Waals surface area contributed by atoms with Crippen LogP contribution in [0.2, 0.25) is 0 Å². The number of pyridine rings is 1. The molecule has 0 aliphatic carbocycles. The van der Waals surface area contributed by atoms with Gasteiger partial charge in [-0.15, -0.1) is 10.2 Å². The maximum Gasteiger partial charge on any atom is 0.256 e. The predicted molar refractivity (Wildman–Crippen MR) is 98.4 cm³/mol. The fraction of sp³-hybridized carbons (Fsp3) is 0.579. The van der Waals surface area contributed by atoms with E-state index in [-0.39, 0.29) is 18.1 Å². The van der Waals surface area contributed by atoms with Crippen molar-refractivity contribution in [3.8, 4) is 0 Å². The first kappa shape index (κ1) is 17.9. The average molecular weight is 371 g/mol. The molecule has 2 aliphatic rings. The van der Waals surface area contributed by atoms with Crippen molar-refractivity contribution in [2.45, 2.75) is 44.2 Å². The largest absolute Gasteiger partial charge is 0.420 e. The Morgan fingerprint density at radius 1 is 1.15 bits per heavy atom. The molecule has 0 N–H and O–H groups in total. The summed E-state index contributed by atoms with van der Waals surface area (Å²) in [5.41, 5.74) is 0.575. The molecule has 27 heavy (non-hydrogen) atoms. The number of carbonyl (C=O) groups excluding carboxylic acids is 1. The van der Waals surface area contributed by atoms with Crippen molar-refractivity contribution >= 4 is 11.7 Å². The molecule has 2 saturated heterocycles. The van der Waals surface area contributed by atoms with Crippen LogP contribution in [0.25, 0.3) is 0 Å². The molecule has 2 fully saturated rings. The molecule has 2 aromatic heterocycles. The van der Waals surface area contributed by atoms with Crippen LogP contribution in [0.5, 0.6) is 0 Å². The van der Waals surface area contributed by atoms with Crippen molar-refractivity contribution in [2.24, 2.45) is 0 Å². The molecule has 4 rings (SSSR count). The first-order valence-electron chi connectivity index (χ1n) is 9.53. The summed E-state index contributed by atoms with van der Waals surface area (Å²) in [4.78, 5) is 21.2. The fourth-order valence-corrected chi connectivity index (χ4v) is 3.66. The maximum absolute atomic E-state index is 13.1. The molecule has 0 unspecified atom stereocenters. The minimum atomic E-state index is -0.192. The van der Waals surface area contributed by atoms with Crippen LogP contribution >= 0.6 is 0 Å². The quantitative estimate of drug-likeness (QED) is 0.817. The number of ether oxygens (including phenoxy) is 1. The first-order valence-corrected chi connectivity index (χ1v) is 9.53. The minimum absolute atomic E-state index is 0.0469. The highest BCUT2D eigenvalue weighted by molar-refractivity contribution is 5.94. The van der Waals surface area contributed by atoms with Crippen LogP contribution in [-0.2, 0) is 4.74 Å². The highest BCUT2D eigenvalue weighted by atomic mass is 16.5. The van der Waals surface area contributed by atoms with E-state index in [1.54, 1.807) is 6.20 Å². The first-order chi connectivity index (χ1) is 13.1. The van der Waals surface area contributed by atoms with Crippen molar-refractivity contribution < 1.29 is 13.9 Å². The zero-order valence-corrected chi connectivity index (χ0v) is 15.8. The van der Waals surface area contributed by atoms with Crippen LogP contribution in [0.1, 0.15) is 66.4 Å². The number of anilines is 1. The average Bonchev–Trinajstić information content (AvgIpc) is 3.39. The Labute approximate surface area is 158 Å². The molecule has 8 heteroatoms. The van der Waals surface area contributed by atoms with Gasteiger partial charge in [0.05, 0.1) is 5.56 Å². The van der Waals surface area contributed by atoms with Gasteiger partial charge < -0.3 is 19.0 Å². The molecular formula is C19H25N5O3. The second-order valence-electron chi connectivity index (χ2n) is 7.29. The molecule has 2 aliphatic heterocycles. The van der Waals surface area contributed by atoms with Crippen molar-refractivity contribution in [1.29, 1.82) is 0 Å². The number of aromatic nitrogens is 3. The lowest BCUT2D eigenvalue weighted by molar-refractivity contribution is 0.0549. The molecule has 0 saturated carbocycles. The Balaban J connectivity index is 1.54. The molecule has 0 bridgehead atoms. The zero-order valence-electron chi connectivity index (χ0n) is 15.8. The summed E-state index contributed by atoms with van der Waals surface area (Å²) in [5, 5.41) is 8.41. The Morgan fingerprint density at radius 3 is 2.70 bits per heavy atom. The van der Waals surface area contributed by atoms with Crippen LogP contribution < -0.4 is 4.90 Å². The van der Waals surface area contributed by atoms with E-state index < -0.39 is 0 Å². The standard InChI is InChI=1S/C19H25N5O3/c1-23(2)16-9-8-13(12-20-16)19(25)24-10-4-3-6-14(24)17-21-22-18(27-17)15-7-5-11-26-15/h8-9,12,14-15H,3-7,10-11H2,1-2H3/t14-,15+/m0/s1. The Bertz CT molecular complexity index is 783. The number of carbonyl (C=O) groups is 1. The van der Waals surface area contributed by atoms with Gasteiger partial charge in [-0.2, -0.15) is 0 Å². The van der Waals surface area contributed by atoms with Gasteiger partial charge in [-0.05, 0) is 44.2 Å². The summed E-state index contributed by atoms with van der Waals surface area (Å²) in [6.07, 6.45) is 6.26. The molecule has 0 aromatic carbocycles. The van der Waals surface area contributed by atoms with Gasteiger partial charge in [0.2, 0.25) is 11.8 Å². The second kappa shape index (κ2) is 7.64. The van der Waals surface area contributed by atoms with Crippen molar-refractivity contribution in [3.63, 3.8) is 0 Å². The summed E-state index contributed by atoms with van der Waals surface area (Å²) < 4.78 is 11.5. The Hall–Kier alpha value is -2.48. The summed E-state index contributed by atoms with van der Waals surface area (Å²) in [5.74, 6) is 1.80. The summed E-state index contributed by atoms with van der Waals surface area (Å²) in [6, 6.07) is 3.48. The monoisotopic (exact) mass is 371 g/mol. The topological polar surface area (TPSA) is 84.6 Å². The van der Waals surface area contributed by atoms with E-state index >= 15 is 0 Å². The number of rotatable bonds is 4. The van der Waals surface area contributed by atoms with E-state index in [1.807, 2.05) is 36.0 Å². The minimum Gasteiger partial charge on any atom is -0.420 e. The van der Waals surface area contributed by atoms with Crippen LogP contribution in [0.15, 0.2) is 22.7 Å². The second-order valence-corrected chi connectivity index (χ2v) is 7.29. The van der Waals surface area contributed by atoms with E-state index in [0.717, 1.165) is 44.5 Å². The zero-order chi connectivity index (χ0) is 18.8. The molecule has 144 valence electrons. The highest BCUT2D eigenvalue weighted by Crippen LogP contribution is 2.34. The van der Waals surface area contributed by atoms with Crippen molar-refractivity contribution in [1.82, 2.24) is 20.1 Å². The summed E-state index contributed by atoms with van der Waals surface area (Å²) in [7, 11) is 3.84. The van der Waals surface area contributed by atoms with E-state index in [9.17, 15) is 4.79 Å². The van der Waals surface area contributed by atoms with Gasteiger partial charge in [0.25, 0.3) is 5.91 Å². The number of hydrogen-bond acceptors (Lipinski definition) is 7. The molecule has 0 spiro atoms. The van der Waals surface area contributed by atoms with Crippen LogP contribution in [-0.4, -0.2) is 53.2 Å². The third-order valence-corrected chi connectivity index (χ3v) is 5.16. The molecule has 2 atom stereocenters. The van der Waals surface area contributed by atoms with Gasteiger partial charge in [-0.1, -0.05) is 0 Å². The molecule has 4 heterocycles. The molecule has 0 radical (unpaired) electrons. The van der Waals surface area contributed by atoms with E-state index in [0.29, 0.717) is 23.9 Å². The number of amides is 1. The number of hydrogen-bond donors (Lipinski definition) is 0.